The zero-order chi connectivity index (χ0) is 72.7. The number of carbonyl (C=O) groups excluding carboxylic acids is 8. The van der Waals surface area contributed by atoms with Crippen LogP contribution in [0.5, 0.6) is 46.0 Å². The maximum Gasteiger partial charge on any atom is 0.255 e. The number of ether oxygens (including phenoxy) is 6. The first kappa shape index (κ1) is 82.1. The van der Waals surface area contributed by atoms with Gasteiger partial charge in [-0.25, -0.2) is 0 Å². The molecular formula is C65H96N12O22. The summed E-state index contributed by atoms with van der Waals surface area (Å²) < 4.78 is 32.1. The van der Waals surface area contributed by atoms with Crippen LogP contribution in [-0.4, -0.2) is 296 Å². The maximum absolute atomic E-state index is 13.2. The number of rotatable bonds is 49. The van der Waals surface area contributed by atoms with Crippen LogP contribution in [0, 0.1) is 0 Å². The lowest BCUT2D eigenvalue weighted by molar-refractivity contribution is 0.0196. The van der Waals surface area contributed by atoms with E-state index in [0.717, 1.165) is 0 Å². The molecule has 0 radical (unpaired) electrons. The highest BCUT2D eigenvalue weighted by Gasteiger charge is 2.26. The summed E-state index contributed by atoms with van der Waals surface area (Å²) in [5, 5.41) is 112. The number of amides is 8. The molecule has 8 amide bonds. The van der Waals surface area contributed by atoms with Crippen LogP contribution in [-0.2, 0) is 28.4 Å². The Morgan fingerprint density at radius 2 is 0.535 bits per heavy atom. The van der Waals surface area contributed by atoms with Gasteiger partial charge in [-0.2, -0.15) is 0 Å². The van der Waals surface area contributed by atoms with E-state index in [-0.39, 0.29) is 149 Å². The van der Waals surface area contributed by atoms with Crippen molar-refractivity contribution in [3.05, 3.63) is 93.0 Å². The van der Waals surface area contributed by atoms with Gasteiger partial charge in [0.05, 0.1) is 111 Å². The van der Waals surface area contributed by atoms with Gasteiger partial charge in [0.15, 0.2) is 46.0 Å². The summed E-state index contributed by atoms with van der Waals surface area (Å²) >= 11 is 0. The number of hydrogen-bond acceptors (Lipinski definition) is 26. The molecular weight excluding hydrogens is 1300 g/mol. The van der Waals surface area contributed by atoms with Crippen LogP contribution >= 0.6 is 0 Å². The first-order chi connectivity index (χ1) is 47.6. The number of methoxy groups -OCH3 is 2. The molecule has 548 valence electrons. The summed E-state index contributed by atoms with van der Waals surface area (Å²) in [5.41, 5.74) is -2.10. The highest BCUT2D eigenvalue weighted by Crippen LogP contribution is 2.36. The van der Waals surface area contributed by atoms with Crippen molar-refractivity contribution in [3.8, 4) is 46.0 Å². The van der Waals surface area contributed by atoms with Crippen LogP contribution in [0.4, 0.5) is 0 Å². The van der Waals surface area contributed by atoms with Crippen LogP contribution in [0.1, 0.15) is 104 Å². The number of nitrogens with zero attached hydrogens (tertiary/aromatic N) is 2. The molecule has 18 N–H and O–H groups in total. The van der Waals surface area contributed by atoms with Gasteiger partial charge in [0.1, 0.15) is 0 Å². The molecule has 99 heavy (non-hydrogen) atoms. The normalized spacial score (nSPS) is 11.2. The van der Waals surface area contributed by atoms with Gasteiger partial charge >= 0.3 is 0 Å². The molecule has 0 aliphatic carbocycles. The number of phenolic OH excluding ortho intramolecular Hbond substituents is 8. The largest absolute Gasteiger partial charge is 0.504 e. The summed E-state index contributed by atoms with van der Waals surface area (Å²) in [6, 6.07) is 9.38. The predicted molar refractivity (Wildman–Crippen MR) is 359 cm³/mol. The van der Waals surface area contributed by atoms with Gasteiger partial charge in [0, 0.05) is 132 Å². The van der Waals surface area contributed by atoms with Crippen molar-refractivity contribution in [2.75, 3.05) is 192 Å². The first-order valence-corrected chi connectivity index (χ1v) is 32.2. The zero-order valence-electron chi connectivity index (χ0n) is 56.5. The Hall–Kier alpha value is -9.36. The van der Waals surface area contributed by atoms with Crippen molar-refractivity contribution in [1.29, 1.82) is 0 Å². The molecule has 0 atom stereocenters. The summed E-state index contributed by atoms with van der Waals surface area (Å²) in [6.07, 6.45) is 0. The number of nitrogens with one attached hydrogen (secondary N) is 10. The molecule has 0 unspecified atom stereocenters. The van der Waals surface area contributed by atoms with Crippen molar-refractivity contribution < 1.29 is 108 Å². The predicted octanol–water partition coefficient (Wildman–Crippen LogP) is -1.16. The average molecular weight is 1400 g/mol. The fourth-order valence-corrected chi connectivity index (χ4v) is 9.20. The van der Waals surface area contributed by atoms with Gasteiger partial charge < -0.3 is 122 Å². The van der Waals surface area contributed by atoms with E-state index in [0.29, 0.717) is 78.9 Å². The zero-order valence-corrected chi connectivity index (χ0v) is 56.5. The lowest BCUT2D eigenvalue weighted by Crippen LogP contribution is -2.41. The Balaban J connectivity index is 1.16. The summed E-state index contributed by atoms with van der Waals surface area (Å²) in [7, 11) is 3.11. The minimum absolute atomic E-state index is 0.0282. The second-order valence-electron chi connectivity index (χ2n) is 22.1. The third kappa shape index (κ3) is 27.8. The van der Waals surface area contributed by atoms with E-state index in [1.165, 1.54) is 48.5 Å². The molecule has 0 aromatic heterocycles. The quantitative estimate of drug-likeness (QED) is 0.0183. The Bertz CT molecular complexity index is 3270. The molecule has 4 aromatic carbocycles. The highest BCUT2D eigenvalue weighted by molar-refractivity contribution is 6.05. The fraction of sp³-hybridized carbons (Fsp3) is 0.508. The summed E-state index contributed by atoms with van der Waals surface area (Å²) in [6.45, 7) is 12.2. The van der Waals surface area contributed by atoms with Crippen molar-refractivity contribution >= 4 is 47.3 Å². The number of phenols is 8. The topological polar surface area (TPSA) is 481 Å². The number of aromatic hydroxyl groups is 8. The van der Waals surface area contributed by atoms with E-state index >= 15 is 0 Å². The third-order valence-electron chi connectivity index (χ3n) is 14.5. The third-order valence-corrected chi connectivity index (χ3v) is 14.5. The fourth-order valence-electron chi connectivity index (χ4n) is 9.20. The van der Waals surface area contributed by atoms with Crippen LogP contribution < -0.4 is 53.2 Å². The minimum atomic E-state index is -0.820. The van der Waals surface area contributed by atoms with E-state index in [1.807, 2.05) is 9.80 Å². The van der Waals surface area contributed by atoms with Gasteiger partial charge in [-0.1, -0.05) is 0 Å². The molecule has 4 rings (SSSR count). The Labute approximate surface area is 573 Å². The maximum atomic E-state index is 13.2. The molecule has 0 saturated heterocycles. The van der Waals surface area contributed by atoms with E-state index < -0.39 is 93.3 Å². The lowest BCUT2D eigenvalue weighted by atomic mass is 10.1. The van der Waals surface area contributed by atoms with Crippen molar-refractivity contribution in [3.63, 3.8) is 0 Å². The van der Waals surface area contributed by atoms with Gasteiger partial charge in [0.2, 0.25) is 0 Å². The monoisotopic (exact) mass is 1400 g/mol. The van der Waals surface area contributed by atoms with Crippen LogP contribution in [0.2, 0.25) is 0 Å². The second-order valence-corrected chi connectivity index (χ2v) is 22.1. The van der Waals surface area contributed by atoms with Crippen molar-refractivity contribution in [2.24, 2.45) is 0 Å². The van der Waals surface area contributed by atoms with Gasteiger partial charge in [0.25, 0.3) is 47.3 Å². The first-order valence-electron chi connectivity index (χ1n) is 32.2. The molecule has 34 heteroatoms. The molecule has 0 heterocycles. The molecule has 34 nitrogen and oxygen atoms in total. The Morgan fingerprint density at radius 3 is 0.788 bits per heavy atom. The van der Waals surface area contributed by atoms with Crippen LogP contribution in [0.25, 0.3) is 0 Å². The highest BCUT2D eigenvalue weighted by atomic mass is 16.5. The van der Waals surface area contributed by atoms with E-state index in [9.17, 15) is 79.2 Å². The Morgan fingerprint density at radius 1 is 0.313 bits per heavy atom. The van der Waals surface area contributed by atoms with E-state index in [1.54, 1.807) is 35.0 Å². The molecule has 0 spiro atoms. The van der Waals surface area contributed by atoms with Gasteiger partial charge in [-0.15, -0.1) is 0 Å². The summed E-state index contributed by atoms with van der Waals surface area (Å²) in [4.78, 5) is 107. The van der Waals surface area contributed by atoms with Crippen molar-refractivity contribution in [1.82, 2.24) is 63.0 Å². The molecule has 0 bridgehead atoms. The summed E-state index contributed by atoms with van der Waals surface area (Å²) in [5.74, 6) is -12.0. The van der Waals surface area contributed by atoms with E-state index in [2.05, 4.69) is 53.2 Å². The molecule has 0 fully saturated rings. The standard InChI is InChI=1S/C65H96N12O22/c1-6-68-58(86)42-7-8-45(53(81)50(42)78)61(89)71-21-25-76(29-31-96-37-39-98-35-33-94-4)26-22-72-62(90)46-11-9-43(51(79)54(46)82)59(87)69-19-17-66-15-16-67-18-20-70-60(88)44-10-12-47(55(83)52(44)80)63(91)73-23-27-77(30-32-97-38-40-99-36-34-95-5)28-24-74-64(92)48-13-14-49(57(85)56(48)84)65(93)75-41(2)3/h7-14,41,66-67,78-85H,6,15-40H2,1-5H3,(H,68,86)(H,69,87)(H,70,88)(H,71,89)(H,72,90)(H,73,91)(H,74,92)(H,75,93). The molecule has 0 aliphatic rings. The van der Waals surface area contributed by atoms with Gasteiger partial charge in [-0.3, -0.25) is 48.2 Å². The molecule has 0 aliphatic heterocycles. The minimum Gasteiger partial charge on any atom is -0.504 e. The smallest absolute Gasteiger partial charge is 0.255 e. The van der Waals surface area contributed by atoms with Crippen LogP contribution in [0.15, 0.2) is 48.5 Å². The number of benzene rings is 4. The number of hydrogen-bond donors (Lipinski definition) is 18. The van der Waals surface area contributed by atoms with Gasteiger partial charge in [-0.05, 0) is 69.3 Å². The molecule has 4 aromatic rings. The lowest BCUT2D eigenvalue weighted by Gasteiger charge is -2.23. The van der Waals surface area contributed by atoms with E-state index in [4.69, 9.17) is 28.4 Å². The Kier molecular flexibility index (Phi) is 37.5. The SMILES string of the molecule is CCNC(=O)c1ccc(C(=O)NCCN(CCNC(=O)c2ccc(C(=O)NCCNCCNCCNC(=O)c3ccc(C(=O)NCCN(CCNC(=O)c4ccc(C(=O)NC(C)C)c(O)c4O)CCOCCOCCOC)c(O)c3O)c(O)c2O)CCOCCOCCOC)c(O)c1O. The number of carbonyl (C=O) groups is 8. The van der Waals surface area contributed by atoms with Crippen LogP contribution in [0.3, 0.4) is 0 Å². The second kappa shape index (κ2) is 45.3. The van der Waals surface area contributed by atoms with Crippen molar-refractivity contribution in [2.45, 2.75) is 26.8 Å². The average Bonchev–Trinajstić information content (AvgIpc) is 0.843. The molecule has 0 saturated carbocycles.